The summed E-state index contributed by atoms with van der Waals surface area (Å²) in [7, 11) is 0. The molecule has 2 rings (SSSR count). The molecule has 2 aromatic carbocycles. The molecule has 0 spiro atoms. The largest absolute Gasteiger partial charge is 0.573 e. The predicted octanol–water partition coefficient (Wildman–Crippen LogP) is 3.84. The molecule has 30 heavy (non-hydrogen) atoms. The van der Waals surface area contributed by atoms with Gasteiger partial charge in [0.25, 0.3) is 0 Å². The molecule has 14 heteroatoms. The second-order valence-corrected chi connectivity index (χ2v) is 6.54. The van der Waals surface area contributed by atoms with Crippen LogP contribution in [0.3, 0.4) is 0 Å². The van der Waals surface area contributed by atoms with Crippen molar-refractivity contribution in [3.05, 3.63) is 48.5 Å². The van der Waals surface area contributed by atoms with Gasteiger partial charge in [0.1, 0.15) is 5.75 Å². The molecule has 0 atom stereocenters. The molecule has 0 unspecified atom stereocenters. The van der Waals surface area contributed by atoms with Crippen LogP contribution in [-0.4, -0.2) is 23.8 Å². The molecule has 0 aromatic heterocycles. The van der Waals surface area contributed by atoms with Crippen molar-refractivity contribution < 1.29 is 31.1 Å². The van der Waals surface area contributed by atoms with Crippen molar-refractivity contribution in [2.75, 3.05) is 4.90 Å². The average Bonchev–Trinajstić information content (AvgIpc) is 2.60. The maximum absolute atomic E-state index is 12.5. The quantitative estimate of drug-likeness (QED) is 0.209. The lowest BCUT2D eigenvalue weighted by molar-refractivity contribution is -0.274. The van der Waals surface area contributed by atoms with Crippen molar-refractivity contribution in [2.24, 2.45) is 27.4 Å². The van der Waals surface area contributed by atoms with Crippen LogP contribution < -0.4 is 26.8 Å². The van der Waals surface area contributed by atoms with Crippen molar-refractivity contribution in [1.29, 1.82) is 0 Å². The zero-order valence-electron chi connectivity index (χ0n) is 14.8. The van der Waals surface area contributed by atoms with Crippen LogP contribution in [-0.2, 0) is 0 Å². The highest BCUT2D eigenvalue weighted by Gasteiger charge is 2.31. The lowest BCUT2D eigenvalue weighted by Crippen LogP contribution is -2.33. The number of thioether (sulfide) groups is 1. The third kappa shape index (κ3) is 7.27. The lowest BCUT2D eigenvalue weighted by atomic mass is 10.2. The number of hydrogen-bond acceptors (Lipinski definition) is 4. The molecule has 0 saturated carbocycles. The number of nitrogens with two attached hydrogens (primary N) is 3. The highest BCUT2D eigenvalue weighted by molar-refractivity contribution is 8.00. The van der Waals surface area contributed by atoms with E-state index in [1.165, 1.54) is 41.3 Å². The van der Waals surface area contributed by atoms with Gasteiger partial charge >= 0.3 is 11.9 Å². The summed E-state index contributed by atoms with van der Waals surface area (Å²) in [6, 6.07) is 9.52. The number of anilines is 2. The maximum Gasteiger partial charge on any atom is 0.573 e. The molecule has 0 bridgehead atoms. The standard InChI is InChI=1S/C16H14F6N6OS/c17-15(18,19)29-11-5-1-9(2-6-11)28(14(25)27-26-13(23)24)10-3-7-12(8-4-10)30-16(20,21)22/h1-8H,(H2,25,27)(H4,23,24,26). The summed E-state index contributed by atoms with van der Waals surface area (Å²) >= 11 is -0.311. The second-order valence-electron chi connectivity index (χ2n) is 5.40. The number of guanidine groups is 2. The fraction of sp³-hybridized carbons (Fsp3) is 0.125. The van der Waals surface area contributed by atoms with Crippen LogP contribution in [0, 0.1) is 0 Å². The molecule has 0 aliphatic heterocycles. The summed E-state index contributed by atoms with van der Waals surface area (Å²) in [5, 5.41) is 7.00. The van der Waals surface area contributed by atoms with E-state index in [1.54, 1.807) is 0 Å². The van der Waals surface area contributed by atoms with E-state index in [-0.39, 0.29) is 34.0 Å². The summed E-state index contributed by atoms with van der Waals surface area (Å²) in [5.74, 6) is -1.20. The molecule has 0 heterocycles. The van der Waals surface area contributed by atoms with Crippen molar-refractivity contribution >= 4 is 35.1 Å². The van der Waals surface area contributed by atoms with Gasteiger partial charge in [-0.2, -0.15) is 13.2 Å². The van der Waals surface area contributed by atoms with E-state index < -0.39 is 23.6 Å². The van der Waals surface area contributed by atoms with E-state index in [0.29, 0.717) is 0 Å². The molecule has 0 aliphatic rings. The third-order valence-corrected chi connectivity index (χ3v) is 3.89. The molecule has 0 fully saturated rings. The van der Waals surface area contributed by atoms with Gasteiger partial charge in [-0.3, -0.25) is 4.90 Å². The van der Waals surface area contributed by atoms with E-state index in [1.807, 2.05) is 0 Å². The van der Waals surface area contributed by atoms with E-state index in [0.717, 1.165) is 12.1 Å². The Balaban J connectivity index is 2.41. The van der Waals surface area contributed by atoms with Crippen LogP contribution in [0.15, 0.2) is 63.6 Å². The van der Waals surface area contributed by atoms with E-state index >= 15 is 0 Å². The lowest BCUT2D eigenvalue weighted by Gasteiger charge is -2.24. The topological polar surface area (TPSA) is 115 Å². The molecule has 6 N–H and O–H groups in total. The fourth-order valence-electron chi connectivity index (χ4n) is 2.16. The Labute approximate surface area is 170 Å². The van der Waals surface area contributed by atoms with Crippen LogP contribution in [0.5, 0.6) is 5.75 Å². The summed E-state index contributed by atoms with van der Waals surface area (Å²) in [6.07, 6.45) is -4.87. The molecule has 162 valence electrons. The van der Waals surface area contributed by atoms with Crippen molar-refractivity contribution in [3.63, 3.8) is 0 Å². The third-order valence-electron chi connectivity index (χ3n) is 3.15. The molecule has 0 amide bonds. The van der Waals surface area contributed by atoms with Gasteiger partial charge in [-0.25, -0.2) is 0 Å². The number of halogens is 6. The maximum atomic E-state index is 12.5. The highest BCUT2D eigenvalue weighted by atomic mass is 32.2. The van der Waals surface area contributed by atoms with Crippen molar-refractivity contribution in [2.45, 2.75) is 16.8 Å². The number of benzene rings is 2. The van der Waals surface area contributed by atoms with Gasteiger partial charge in [-0.05, 0) is 60.3 Å². The van der Waals surface area contributed by atoms with Crippen LogP contribution in [0.2, 0.25) is 0 Å². The first kappa shape index (κ1) is 23.0. The number of hydrogen-bond donors (Lipinski definition) is 3. The zero-order valence-corrected chi connectivity index (χ0v) is 15.6. The zero-order chi connectivity index (χ0) is 22.5. The molecule has 0 aliphatic carbocycles. The average molecular weight is 452 g/mol. The second kappa shape index (κ2) is 9.02. The van der Waals surface area contributed by atoms with Crippen LogP contribution in [0.1, 0.15) is 0 Å². The van der Waals surface area contributed by atoms with Gasteiger partial charge in [-0.15, -0.1) is 23.4 Å². The first-order valence-corrected chi connectivity index (χ1v) is 8.59. The van der Waals surface area contributed by atoms with Gasteiger partial charge in [0.2, 0.25) is 11.9 Å². The van der Waals surface area contributed by atoms with E-state index in [4.69, 9.17) is 17.2 Å². The smallest absolute Gasteiger partial charge is 0.406 e. The molecule has 7 nitrogen and oxygen atoms in total. The highest BCUT2D eigenvalue weighted by Crippen LogP contribution is 2.38. The molecular weight excluding hydrogens is 438 g/mol. The number of ether oxygens (including phenoxy) is 1. The van der Waals surface area contributed by atoms with Crippen LogP contribution in [0.4, 0.5) is 37.7 Å². The molecule has 0 saturated heterocycles. The summed E-state index contributed by atoms with van der Waals surface area (Å²) < 4.78 is 78.3. The molecular formula is C16H14F6N6OS. The van der Waals surface area contributed by atoms with Gasteiger partial charge in [-0.1, -0.05) is 0 Å². The van der Waals surface area contributed by atoms with Gasteiger partial charge in [0.05, 0.1) is 0 Å². The Morgan fingerprint density at radius 2 is 1.30 bits per heavy atom. The summed E-state index contributed by atoms with van der Waals surface area (Å²) in [5.41, 5.74) is 12.2. The Bertz CT molecular complexity index is 848. The number of nitrogens with zero attached hydrogens (tertiary/aromatic N) is 3. The minimum Gasteiger partial charge on any atom is -0.406 e. The summed E-state index contributed by atoms with van der Waals surface area (Å²) in [4.78, 5) is 1.13. The fourth-order valence-corrected chi connectivity index (χ4v) is 2.70. The van der Waals surface area contributed by atoms with Gasteiger partial charge in [0.15, 0.2) is 0 Å². The monoisotopic (exact) mass is 452 g/mol. The predicted molar refractivity (Wildman–Crippen MR) is 101 cm³/mol. The van der Waals surface area contributed by atoms with Crippen LogP contribution in [0.25, 0.3) is 0 Å². The van der Waals surface area contributed by atoms with E-state index in [9.17, 15) is 26.3 Å². The summed E-state index contributed by atoms with van der Waals surface area (Å²) in [6.45, 7) is 0. The minimum absolute atomic E-state index is 0.0835. The molecule has 2 aromatic rings. The Morgan fingerprint density at radius 1 is 0.800 bits per heavy atom. The van der Waals surface area contributed by atoms with Crippen molar-refractivity contribution in [3.8, 4) is 5.75 Å². The van der Waals surface area contributed by atoms with Gasteiger partial charge < -0.3 is 21.9 Å². The van der Waals surface area contributed by atoms with Crippen molar-refractivity contribution in [1.82, 2.24) is 0 Å². The Hall–Kier alpha value is -3.29. The van der Waals surface area contributed by atoms with Gasteiger partial charge in [0, 0.05) is 16.3 Å². The first-order chi connectivity index (χ1) is 13.8. The number of alkyl halides is 6. The Morgan fingerprint density at radius 3 is 1.73 bits per heavy atom. The first-order valence-electron chi connectivity index (χ1n) is 7.78. The van der Waals surface area contributed by atoms with Crippen LogP contribution >= 0.6 is 11.8 Å². The molecule has 0 radical (unpaired) electrons. The minimum atomic E-state index is -4.87. The number of rotatable bonds is 5. The SMILES string of the molecule is NC(N)=NN=C(N)N(c1ccc(OC(F)(F)F)cc1)c1ccc(SC(F)(F)F)cc1. The Kier molecular flexibility index (Phi) is 6.92. The van der Waals surface area contributed by atoms with E-state index in [2.05, 4.69) is 14.9 Å². The normalized spacial score (nSPS) is 12.4.